The molecule has 0 aliphatic rings. The first-order chi connectivity index (χ1) is 10.5. The number of rotatable bonds is 5. The van der Waals surface area contributed by atoms with Crippen LogP contribution < -0.4 is 10.1 Å². The van der Waals surface area contributed by atoms with Gasteiger partial charge in [0.2, 0.25) is 0 Å². The lowest BCUT2D eigenvalue weighted by molar-refractivity contribution is -0.118. The highest BCUT2D eigenvalue weighted by Gasteiger charge is 2.09. The van der Waals surface area contributed by atoms with E-state index in [2.05, 4.69) is 5.32 Å². The molecule has 0 aliphatic heterocycles. The van der Waals surface area contributed by atoms with Crippen molar-refractivity contribution >= 4 is 40.6 Å². The van der Waals surface area contributed by atoms with Crippen LogP contribution in [0.3, 0.4) is 0 Å². The number of ketones is 1. The molecule has 4 nitrogen and oxygen atoms in total. The summed E-state index contributed by atoms with van der Waals surface area (Å²) in [5.41, 5.74) is 1.01. The Morgan fingerprint density at radius 2 is 1.77 bits per heavy atom. The SMILES string of the molecule is CC(=O)c1ccc(OCC(=O)Nc2cccc(Cl)c2Cl)cc1. The summed E-state index contributed by atoms with van der Waals surface area (Å²) in [6.45, 7) is 1.31. The number of anilines is 1. The highest BCUT2D eigenvalue weighted by atomic mass is 35.5. The molecule has 0 atom stereocenters. The standard InChI is InChI=1S/C16H13Cl2NO3/c1-10(20)11-5-7-12(8-6-11)22-9-15(21)19-14-4-2-3-13(17)16(14)18/h2-8H,9H2,1H3,(H,19,21). The van der Waals surface area contributed by atoms with Crippen molar-refractivity contribution in [3.05, 3.63) is 58.1 Å². The fourth-order valence-electron chi connectivity index (χ4n) is 1.72. The Bertz CT molecular complexity index is 699. The van der Waals surface area contributed by atoms with Crippen molar-refractivity contribution in [2.45, 2.75) is 6.92 Å². The van der Waals surface area contributed by atoms with Crippen LogP contribution in [0.5, 0.6) is 5.75 Å². The van der Waals surface area contributed by atoms with Crippen molar-refractivity contribution in [2.75, 3.05) is 11.9 Å². The first-order valence-electron chi connectivity index (χ1n) is 6.45. The van der Waals surface area contributed by atoms with E-state index in [4.69, 9.17) is 27.9 Å². The van der Waals surface area contributed by atoms with Crippen LogP contribution in [0.4, 0.5) is 5.69 Å². The fourth-order valence-corrected chi connectivity index (χ4v) is 2.07. The second kappa shape index (κ2) is 7.29. The largest absolute Gasteiger partial charge is 0.484 e. The smallest absolute Gasteiger partial charge is 0.262 e. The molecule has 114 valence electrons. The predicted molar refractivity (Wildman–Crippen MR) is 87.0 cm³/mol. The molecule has 0 radical (unpaired) electrons. The molecule has 2 rings (SSSR count). The van der Waals surface area contributed by atoms with E-state index < -0.39 is 0 Å². The molecule has 0 unspecified atom stereocenters. The molecule has 2 aromatic rings. The molecule has 6 heteroatoms. The molecule has 0 fully saturated rings. The van der Waals surface area contributed by atoms with E-state index in [1.807, 2.05) is 0 Å². The first kappa shape index (κ1) is 16.3. The lowest BCUT2D eigenvalue weighted by Crippen LogP contribution is -2.20. The minimum absolute atomic E-state index is 0.0279. The van der Waals surface area contributed by atoms with E-state index in [1.54, 1.807) is 42.5 Å². The average Bonchev–Trinajstić information content (AvgIpc) is 2.50. The number of nitrogens with one attached hydrogen (secondary N) is 1. The second-order valence-electron chi connectivity index (χ2n) is 4.52. The molecule has 0 aromatic heterocycles. The van der Waals surface area contributed by atoms with Gasteiger partial charge in [-0.2, -0.15) is 0 Å². The number of ether oxygens (including phenoxy) is 1. The van der Waals surface area contributed by atoms with Gasteiger partial charge < -0.3 is 10.1 Å². The Labute approximate surface area is 138 Å². The Kier molecular flexibility index (Phi) is 5.41. The number of hydrogen-bond donors (Lipinski definition) is 1. The van der Waals surface area contributed by atoms with Crippen LogP contribution in [-0.4, -0.2) is 18.3 Å². The molecule has 0 saturated carbocycles. The van der Waals surface area contributed by atoms with E-state index in [0.717, 1.165) is 0 Å². The number of carbonyl (C=O) groups excluding carboxylic acids is 2. The normalized spacial score (nSPS) is 10.1. The maximum atomic E-state index is 11.8. The van der Waals surface area contributed by atoms with Gasteiger partial charge in [-0.05, 0) is 43.3 Å². The minimum Gasteiger partial charge on any atom is -0.484 e. The molecule has 2 aromatic carbocycles. The van der Waals surface area contributed by atoms with Crippen molar-refractivity contribution in [2.24, 2.45) is 0 Å². The minimum atomic E-state index is -0.361. The van der Waals surface area contributed by atoms with Gasteiger partial charge in [0.25, 0.3) is 5.91 Å². The van der Waals surface area contributed by atoms with Crippen LogP contribution in [0, 0.1) is 0 Å². The summed E-state index contributed by atoms with van der Waals surface area (Å²) < 4.78 is 5.35. The zero-order valence-electron chi connectivity index (χ0n) is 11.7. The Morgan fingerprint density at radius 1 is 1.09 bits per heavy atom. The van der Waals surface area contributed by atoms with Crippen molar-refractivity contribution < 1.29 is 14.3 Å². The molecule has 22 heavy (non-hydrogen) atoms. The third-order valence-corrected chi connectivity index (χ3v) is 3.68. The van der Waals surface area contributed by atoms with Crippen LogP contribution in [-0.2, 0) is 4.79 Å². The van der Waals surface area contributed by atoms with Crippen molar-refractivity contribution in [1.82, 2.24) is 0 Å². The van der Waals surface area contributed by atoms with E-state index in [1.165, 1.54) is 6.92 Å². The lowest BCUT2D eigenvalue weighted by atomic mass is 10.1. The molecular weight excluding hydrogens is 325 g/mol. The predicted octanol–water partition coefficient (Wildman–Crippen LogP) is 4.21. The van der Waals surface area contributed by atoms with Gasteiger partial charge in [-0.1, -0.05) is 29.3 Å². The van der Waals surface area contributed by atoms with E-state index in [-0.39, 0.29) is 23.3 Å². The molecule has 0 aliphatic carbocycles. The highest BCUT2D eigenvalue weighted by molar-refractivity contribution is 6.43. The maximum absolute atomic E-state index is 11.8. The topological polar surface area (TPSA) is 55.4 Å². The Hall–Kier alpha value is -2.04. The number of hydrogen-bond acceptors (Lipinski definition) is 3. The van der Waals surface area contributed by atoms with Crippen molar-refractivity contribution in [3.63, 3.8) is 0 Å². The van der Waals surface area contributed by atoms with E-state index >= 15 is 0 Å². The van der Waals surface area contributed by atoms with Crippen molar-refractivity contribution in [1.29, 1.82) is 0 Å². The Morgan fingerprint density at radius 3 is 2.41 bits per heavy atom. The summed E-state index contributed by atoms with van der Waals surface area (Å²) in [4.78, 5) is 23.0. The van der Waals surface area contributed by atoms with Crippen LogP contribution >= 0.6 is 23.2 Å². The highest BCUT2D eigenvalue weighted by Crippen LogP contribution is 2.29. The van der Waals surface area contributed by atoms with E-state index in [9.17, 15) is 9.59 Å². The summed E-state index contributed by atoms with van der Waals surface area (Å²) >= 11 is 11.9. The molecule has 0 heterocycles. The van der Waals surface area contributed by atoms with Gasteiger partial charge in [0.15, 0.2) is 12.4 Å². The third-order valence-electron chi connectivity index (χ3n) is 2.86. The Balaban J connectivity index is 1.92. The quantitative estimate of drug-likeness (QED) is 0.831. The number of Topliss-reactive ketones (excluding diaryl/α,β-unsaturated/α-hetero) is 1. The first-order valence-corrected chi connectivity index (χ1v) is 7.20. The maximum Gasteiger partial charge on any atom is 0.262 e. The number of amides is 1. The monoisotopic (exact) mass is 337 g/mol. The molecule has 1 N–H and O–H groups in total. The van der Waals surface area contributed by atoms with Gasteiger partial charge in [-0.25, -0.2) is 0 Å². The average molecular weight is 338 g/mol. The van der Waals surface area contributed by atoms with Crippen LogP contribution in [0.15, 0.2) is 42.5 Å². The summed E-state index contributed by atoms with van der Waals surface area (Å²) in [6, 6.07) is 11.5. The van der Waals surface area contributed by atoms with E-state index in [0.29, 0.717) is 22.0 Å². The van der Waals surface area contributed by atoms with Gasteiger partial charge in [-0.3, -0.25) is 9.59 Å². The van der Waals surface area contributed by atoms with Gasteiger partial charge in [0, 0.05) is 5.56 Å². The fraction of sp³-hybridized carbons (Fsp3) is 0.125. The summed E-state index contributed by atoms with van der Waals surface area (Å²) in [7, 11) is 0. The van der Waals surface area contributed by atoms with Crippen LogP contribution in [0.2, 0.25) is 10.0 Å². The zero-order chi connectivity index (χ0) is 16.1. The lowest BCUT2D eigenvalue weighted by Gasteiger charge is -2.09. The molecule has 0 bridgehead atoms. The molecular formula is C16H13Cl2NO3. The summed E-state index contributed by atoms with van der Waals surface area (Å²) in [6.07, 6.45) is 0. The number of carbonyl (C=O) groups is 2. The summed E-state index contributed by atoms with van der Waals surface area (Å²) in [5, 5.41) is 3.26. The van der Waals surface area contributed by atoms with Gasteiger partial charge in [-0.15, -0.1) is 0 Å². The molecule has 1 amide bonds. The second-order valence-corrected chi connectivity index (χ2v) is 5.30. The van der Waals surface area contributed by atoms with Crippen molar-refractivity contribution in [3.8, 4) is 5.75 Å². The van der Waals surface area contributed by atoms with Crippen LogP contribution in [0.25, 0.3) is 0 Å². The van der Waals surface area contributed by atoms with Gasteiger partial charge >= 0.3 is 0 Å². The number of benzene rings is 2. The molecule has 0 spiro atoms. The van der Waals surface area contributed by atoms with Gasteiger partial charge in [0.05, 0.1) is 15.7 Å². The zero-order valence-corrected chi connectivity index (χ0v) is 13.2. The third kappa shape index (κ3) is 4.23. The molecule has 0 saturated heterocycles. The summed E-state index contributed by atoms with van der Waals surface area (Å²) in [5.74, 6) is 0.108. The van der Waals surface area contributed by atoms with Gasteiger partial charge in [0.1, 0.15) is 5.75 Å². The van der Waals surface area contributed by atoms with Crippen LogP contribution in [0.1, 0.15) is 17.3 Å². The number of halogens is 2.